The van der Waals surface area contributed by atoms with Crippen molar-refractivity contribution in [1.29, 1.82) is 5.26 Å². The van der Waals surface area contributed by atoms with Gasteiger partial charge in [-0.3, -0.25) is 0 Å². The number of nitrogens with zero attached hydrogens (tertiary/aromatic N) is 3. The first-order valence-corrected chi connectivity index (χ1v) is 11.5. The molecule has 1 aliphatic carbocycles. The smallest absolute Gasteiger partial charge is 0.213 e. The predicted octanol–water partition coefficient (Wildman–Crippen LogP) is 6.49. The highest BCUT2D eigenvalue weighted by Crippen LogP contribution is 2.52. The fourth-order valence-corrected chi connectivity index (χ4v) is 5.46. The maximum absolute atomic E-state index is 8.91. The zero-order chi connectivity index (χ0) is 21.6. The third kappa shape index (κ3) is 2.97. The van der Waals surface area contributed by atoms with Crippen molar-refractivity contribution < 1.29 is 4.57 Å². The van der Waals surface area contributed by atoms with Crippen molar-refractivity contribution >= 4 is 21.8 Å². The molecule has 0 atom stereocenters. The van der Waals surface area contributed by atoms with Gasteiger partial charge in [0.15, 0.2) is 6.20 Å². The summed E-state index contributed by atoms with van der Waals surface area (Å²) in [6.45, 7) is 8.96. The Morgan fingerprint density at radius 1 is 1.03 bits per heavy atom. The fourth-order valence-electron chi connectivity index (χ4n) is 5.46. The summed E-state index contributed by atoms with van der Waals surface area (Å²) in [7, 11) is 0. The van der Waals surface area contributed by atoms with Gasteiger partial charge < -0.3 is 4.57 Å². The second kappa shape index (κ2) is 7.54. The first-order chi connectivity index (χ1) is 15.1. The van der Waals surface area contributed by atoms with E-state index in [1.165, 1.54) is 56.9 Å². The number of fused-ring (bicyclic) bond motifs is 7. The van der Waals surface area contributed by atoms with Crippen LogP contribution in [0.5, 0.6) is 0 Å². The second-order valence-corrected chi connectivity index (χ2v) is 9.30. The summed E-state index contributed by atoms with van der Waals surface area (Å²) >= 11 is 0. The van der Waals surface area contributed by atoms with Crippen molar-refractivity contribution in [3.63, 3.8) is 0 Å². The van der Waals surface area contributed by atoms with E-state index in [4.69, 9.17) is 5.26 Å². The van der Waals surface area contributed by atoms with Crippen LogP contribution in [0.3, 0.4) is 0 Å². The predicted molar refractivity (Wildman–Crippen MR) is 127 cm³/mol. The molecule has 4 aromatic rings. The highest BCUT2D eigenvalue weighted by molar-refractivity contribution is 6.04. The highest BCUT2D eigenvalue weighted by Gasteiger charge is 2.41. The third-order valence-corrected chi connectivity index (χ3v) is 7.00. The van der Waals surface area contributed by atoms with E-state index in [1.54, 1.807) is 0 Å². The van der Waals surface area contributed by atoms with Crippen molar-refractivity contribution in [2.75, 3.05) is 0 Å². The van der Waals surface area contributed by atoms with E-state index in [-0.39, 0.29) is 5.41 Å². The van der Waals surface area contributed by atoms with Crippen molar-refractivity contribution in [2.24, 2.45) is 0 Å². The molecule has 0 saturated heterocycles. The molecule has 0 amide bonds. The molecule has 0 saturated carbocycles. The molecule has 0 radical (unpaired) electrons. The number of para-hydroxylation sites is 1. The van der Waals surface area contributed by atoms with Crippen LogP contribution in [0.2, 0.25) is 0 Å². The Morgan fingerprint density at radius 3 is 2.68 bits per heavy atom. The van der Waals surface area contributed by atoms with E-state index >= 15 is 0 Å². The van der Waals surface area contributed by atoms with Crippen LogP contribution >= 0.6 is 0 Å². The van der Waals surface area contributed by atoms with Gasteiger partial charge >= 0.3 is 0 Å². The Balaban J connectivity index is 1.74. The molecule has 3 nitrogen and oxygen atoms in total. The van der Waals surface area contributed by atoms with E-state index in [1.807, 2.05) is 0 Å². The van der Waals surface area contributed by atoms with Crippen molar-refractivity contribution in [3.05, 3.63) is 66.0 Å². The Bertz CT molecular complexity index is 1330. The highest BCUT2D eigenvalue weighted by atomic mass is 15.0. The summed E-state index contributed by atoms with van der Waals surface area (Å²) in [4.78, 5) is 0. The maximum Gasteiger partial charge on any atom is 0.213 e. The Labute approximate surface area is 184 Å². The Kier molecular flexibility index (Phi) is 4.82. The average Bonchev–Trinajstić information content (AvgIpc) is 3.28. The first-order valence-electron chi connectivity index (χ1n) is 11.5. The van der Waals surface area contributed by atoms with Gasteiger partial charge in [0.25, 0.3) is 0 Å². The number of aryl methyl sites for hydroxylation is 2. The molecule has 0 spiro atoms. The molecule has 3 heteroatoms. The minimum absolute atomic E-state index is 0.0546. The molecule has 0 fully saturated rings. The summed E-state index contributed by atoms with van der Waals surface area (Å²) in [5, 5.41) is 11.6. The summed E-state index contributed by atoms with van der Waals surface area (Å²) in [5.74, 6) is 0. The third-order valence-electron chi connectivity index (χ3n) is 7.00. The van der Waals surface area contributed by atoms with Gasteiger partial charge in [0.2, 0.25) is 5.52 Å². The molecule has 0 aliphatic heterocycles. The van der Waals surface area contributed by atoms with Gasteiger partial charge in [-0.15, -0.1) is 0 Å². The van der Waals surface area contributed by atoms with Gasteiger partial charge in [-0.05, 0) is 35.7 Å². The van der Waals surface area contributed by atoms with Gasteiger partial charge in [-0.25, -0.2) is 0 Å². The molecule has 2 aromatic heterocycles. The van der Waals surface area contributed by atoms with Gasteiger partial charge in [0.05, 0.1) is 11.5 Å². The molecular formula is C28H30N3+. The van der Waals surface area contributed by atoms with E-state index in [0.29, 0.717) is 6.42 Å². The lowest BCUT2D eigenvalue weighted by atomic mass is 9.81. The number of hydrogen-bond donors (Lipinski definition) is 0. The maximum atomic E-state index is 8.91. The molecule has 1 aliphatic rings. The van der Waals surface area contributed by atoms with Crippen LogP contribution in [0, 0.1) is 11.3 Å². The lowest BCUT2D eigenvalue weighted by Crippen LogP contribution is -2.36. The number of benzene rings is 2. The van der Waals surface area contributed by atoms with Gasteiger partial charge in [-0.2, -0.15) is 9.83 Å². The minimum atomic E-state index is -0.0546. The van der Waals surface area contributed by atoms with Crippen molar-refractivity contribution in [2.45, 2.75) is 65.0 Å². The number of nitriles is 1. The fraction of sp³-hybridized carbons (Fsp3) is 0.357. The van der Waals surface area contributed by atoms with Crippen LogP contribution < -0.4 is 4.57 Å². The number of rotatable bonds is 6. The molecule has 156 valence electrons. The standard InChI is InChI=1S/C28H30N3/c1-4-5-16-31-19-23-26(20-10-6-7-11-24(20)31)22-12-13-25-21(27(22)28(23,2)3)14-18-30(25)17-9-8-15-29/h6-7,10-14,18-19H,4-5,8-9,16-17H2,1-3H3/q+1. The van der Waals surface area contributed by atoms with E-state index < -0.39 is 0 Å². The molecular weight excluding hydrogens is 378 g/mol. The second-order valence-electron chi connectivity index (χ2n) is 9.30. The van der Waals surface area contributed by atoms with Crippen LogP contribution in [0.4, 0.5) is 0 Å². The van der Waals surface area contributed by atoms with Gasteiger partial charge in [-0.1, -0.05) is 45.4 Å². The Hall–Kier alpha value is -3.12. The largest absolute Gasteiger partial charge is 0.347 e. The molecule has 0 unspecified atom stereocenters. The summed E-state index contributed by atoms with van der Waals surface area (Å²) in [6.07, 6.45) is 8.50. The van der Waals surface area contributed by atoms with Crippen LogP contribution in [0.25, 0.3) is 32.9 Å². The van der Waals surface area contributed by atoms with Crippen molar-refractivity contribution in [1.82, 2.24) is 4.57 Å². The van der Waals surface area contributed by atoms with E-state index in [2.05, 4.69) is 90.8 Å². The van der Waals surface area contributed by atoms with E-state index in [0.717, 1.165) is 19.5 Å². The topological polar surface area (TPSA) is 32.6 Å². The molecule has 5 rings (SSSR count). The first kappa shape index (κ1) is 19.8. The van der Waals surface area contributed by atoms with Crippen LogP contribution in [0.15, 0.2) is 54.9 Å². The monoisotopic (exact) mass is 408 g/mol. The molecule has 31 heavy (non-hydrogen) atoms. The van der Waals surface area contributed by atoms with Gasteiger partial charge in [0.1, 0.15) is 6.54 Å². The summed E-state index contributed by atoms with van der Waals surface area (Å²) < 4.78 is 4.78. The molecule has 0 bridgehead atoms. The molecule has 0 N–H and O–H groups in total. The molecule has 2 aromatic carbocycles. The van der Waals surface area contributed by atoms with Gasteiger partial charge in [0, 0.05) is 59.1 Å². The van der Waals surface area contributed by atoms with Crippen molar-refractivity contribution in [3.8, 4) is 17.2 Å². The molecule has 2 heterocycles. The van der Waals surface area contributed by atoms with Crippen LogP contribution in [-0.2, 0) is 18.5 Å². The number of unbranched alkanes of at least 4 members (excludes halogenated alkanes) is 2. The zero-order valence-electron chi connectivity index (χ0n) is 18.8. The SMILES string of the molecule is CCCC[n+]1cc2c(c3ccccc31)-c1ccc3c(ccn3CCCC#N)c1C2(C)C. The Morgan fingerprint density at radius 2 is 1.87 bits per heavy atom. The number of pyridine rings is 1. The normalized spacial score (nSPS) is 14.0. The lowest BCUT2D eigenvalue weighted by Gasteiger charge is -2.21. The lowest BCUT2D eigenvalue weighted by molar-refractivity contribution is -0.672. The zero-order valence-corrected chi connectivity index (χ0v) is 18.8. The van der Waals surface area contributed by atoms with E-state index in [9.17, 15) is 0 Å². The number of hydrogen-bond acceptors (Lipinski definition) is 1. The van der Waals surface area contributed by atoms with Crippen LogP contribution in [0.1, 0.15) is 57.6 Å². The number of aromatic nitrogens is 2. The minimum Gasteiger partial charge on any atom is -0.347 e. The van der Waals surface area contributed by atoms with Crippen LogP contribution in [-0.4, -0.2) is 4.57 Å². The summed E-state index contributed by atoms with van der Waals surface area (Å²) in [5.41, 5.74) is 8.21. The summed E-state index contributed by atoms with van der Waals surface area (Å²) in [6, 6.07) is 18.0. The quantitative estimate of drug-likeness (QED) is 0.265. The average molecular weight is 409 g/mol.